The molecule has 2 N–H and O–H groups in total. The number of hydrogen-bond acceptors (Lipinski definition) is 3. The lowest BCUT2D eigenvalue weighted by atomic mass is 9.99. The zero-order valence-electron chi connectivity index (χ0n) is 11.8. The molecule has 2 heterocycles. The fourth-order valence-electron chi connectivity index (χ4n) is 2.98. The number of nitrogen functional groups attached to an aromatic ring is 1. The SMILES string of the molecule is CC(C)CC(C)N1CCC(n2ccc(N)n2)CC1. The Morgan fingerprint density at radius 1 is 1.33 bits per heavy atom. The van der Waals surface area contributed by atoms with Crippen LogP contribution in [0.4, 0.5) is 5.82 Å². The summed E-state index contributed by atoms with van der Waals surface area (Å²) >= 11 is 0. The van der Waals surface area contributed by atoms with Crippen LogP contribution in [0.1, 0.15) is 46.1 Å². The van der Waals surface area contributed by atoms with Crippen LogP contribution in [0.3, 0.4) is 0 Å². The molecule has 1 aliphatic rings. The molecular formula is C14H26N4. The fraction of sp³-hybridized carbons (Fsp3) is 0.786. The number of anilines is 1. The highest BCUT2D eigenvalue weighted by molar-refractivity contribution is 5.24. The van der Waals surface area contributed by atoms with Gasteiger partial charge in [-0.3, -0.25) is 4.68 Å². The second-order valence-electron chi connectivity index (χ2n) is 5.97. The van der Waals surface area contributed by atoms with Gasteiger partial charge < -0.3 is 10.6 Å². The van der Waals surface area contributed by atoms with Crippen LogP contribution in [0.25, 0.3) is 0 Å². The average Bonchev–Trinajstić information content (AvgIpc) is 2.75. The second-order valence-corrected chi connectivity index (χ2v) is 5.97. The van der Waals surface area contributed by atoms with Gasteiger partial charge in [-0.2, -0.15) is 5.10 Å². The van der Waals surface area contributed by atoms with Gasteiger partial charge in [-0.25, -0.2) is 0 Å². The van der Waals surface area contributed by atoms with E-state index in [4.69, 9.17) is 5.73 Å². The van der Waals surface area contributed by atoms with E-state index in [1.165, 1.54) is 32.4 Å². The van der Waals surface area contributed by atoms with Crippen molar-refractivity contribution in [1.29, 1.82) is 0 Å². The fourth-order valence-corrected chi connectivity index (χ4v) is 2.98. The predicted molar refractivity (Wildman–Crippen MR) is 75.4 cm³/mol. The monoisotopic (exact) mass is 250 g/mol. The molecule has 1 aromatic heterocycles. The molecular weight excluding hydrogens is 224 g/mol. The Morgan fingerprint density at radius 3 is 2.50 bits per heavy atom. The van der Waals surface area contributed by atoms with Crippen LogP contribution in [0.15, 0.2) is 12.3 Å². The molecule has 0 radical (unpaired) electrons. The second kappa shape index (κ2) is 5.74. The van der Waals surface area contributed by atoms with E-state index in [1.807, 2.05) is 16.9 Å². The summed E-state index contributed by atoms with van der Waals surface area (Å²) < 4.78 is 2.04. The van der Waals surface area contributed by atoms with Crippen LogP contribution in [0.5, 0.6) is 0 Å². The normalized spacial score (nSPS) is 20.4. The molecule has 1 atom stereocenters. The topological polar surface area (TPSA) is 47.1 Å². The molecule has 1 fully saturated rings. The van der Waals surface area contributed by atoms with E-state index in [2.05, 4.69) is 30.8 Å². The van der Waals surface area contributed by atoms with E-state index >= 15 is 0 Å². The molecule has 0 aromatic carbocycles. The number of piperidine rings is 1. The lowest BCUT2D eigenvalue weighted by Crippen LogP contribution is -2.41. The first-order valence-corrected chi connectivity index (χ1v) is 7.11. The van der Waals surface area contributed by atoms with Gasteiger partial charge >= 0.3 is 0 Å². The van der Waals surface area contributed by atoms with Gasteiger partial charge in [0.25, 0.3) is 0 Å². The first kappa shape index (κ1) is 13.4. The minimum absolute atomic E-state index is 0.532. The summed E-state index contributed by atoms with van der Waals surface area (Å²) in [5, 5.41) is 4.33. The number of nitrogens with zero attached hydrogens (tertiary/aromatic N) is 3. The Kier molecular flexibility index (Phi) is 4.27. The molecule has 4 nitrogen and oxygen atoms in total. The molecule has 0 bridgehead atoms. The third kappa shape index (κ3) is 3.25. The number of nitrogens with two attached hydrogens (primary N) is 1. The highest BCUT2D eigenvalue weighted by Crippen LogP contribution is 2.25. The highest BCUT2D eigenvalue weighted by Gasteiger charge is 2.24. The van der Waals surface area contributed by atoms with Crippen molar-refractivity contribution < 1.29 is 0 Å². The van der Waals surface area contributed by atoms with Gasteiger partial charge in [0.1, 0.15) is 5.82 Å². The van der Waals surface area contributed by atoms with Crippen molar-refractivity contribution in [3.63, 3.8) is 0 Å². The first-order chi connectivity index (χ1) is 8.56. The summed E-state index contributed by atoms with van der Waals surface area (Å²) in [7, 11) is 0. The maximum absolute atomic E-state index is 5.67. The molecule has 2 rings (SSSR count). The van der Waals surface area contributed by atoms with Gasteiger partial charge in [0.05, 0.1) is 6.04 Å². The van der Waals surface area contributed by atoms with Gasteiger partial charge in [0.15, 0.2) is 0 Å². The zero-order chi connectivity index (χ0) is 13.1. The number of rotatable bonds is 4. The largest absolute Gasteiger partial charge is 0.382 e. The average molecular weight is 250 g/mol. The maximum atomic E-state index is 5.67. The minimum atomic E-state index is 0.532. The third-order valence-electron chi connectivity index (χ3n) is 3.94. The molecule has 0 saturated carbocycles. The van der Waals surface area contributed by atoms with Crippen molar-refractivity contribution in [3.05, 3.63) is 12.3 Å². The van der Waals surface area contributed by atoms with Crippen LogP contribution >= 0.6 is 0 Å². The Bertz CT molecular complexity index is 364. The quantitative estimate of drug-likeness (QED) is 0.893. The molecule has 4 heteroatoms. The Balaban J connectivity index is 1.84. The molecule has 1 unspecified atom stereocenters. The van der Waals surface area contributed by atoms with Crippen LogP contribution in [0.2, 0.25) is 0 Å². The van der Waals surface area contributed by atoms with Crippen molar-refractivity contribution in [2.75, 3.05) is 18.8 Å². The van der Waals surface area contributed by atoms with E-state index in [-0.39, 0.29) is 0 Å². The molecule has 1 aliphatic heterocycles. The van der Waals surface area contributed by atoms with Gasteiger partial charge in [0.2, 0.25) is 0 Å². The smallest absolute Gasteiger partial charge is 0.145 e. The minimum Gasteiger partial charge on any atom is -0.382 e. The van der Waals surface area contributed by atoms with E-state index in [0.29, 0.717) is 17.9 Å². The summed E-state index contributed by atoms with van der Waals surface area (Å²) in [6, 6.07) is 3.12. The molecule has 18 heavy (non-hydrogen) atoms. The van der Waals surface area contributed by atoms with Gasteiger partial charge in [-0.15, -0.1) is 0 Å². The molecule has 0 spiro atoms. The van der Waals surface area contributed by atoms with E-state index in [0.717, 1.165) is 5.92 Å². The van der Waals surface area contributed by atoms with Gasteiger partial charge in [0, 0.05) is 25.3 Å². The van der Waals surface area contributed by atoms with Crippen LogP contribution in [0, 0.1) is 5.92 Å². The highest BCUT2D eigenvalue weighted by atomic mass is 15.3. The number of hydrogen-bond donors (Lipinski definition) is 1. The standard InChI is InChI=1S/C14H26N4/c1-11(2)10-12(3)17-7-4-13(5-8-17)18-9-6-14(15)16-18/h6,9,11-13H,4-5,7-8,10H2,1-3H3,(H2,15,16). The van der Waals surface area contributed by atoms with E-state index in [1.54, 1.807) is 0 Å². The van der Waals surface area contributed by atoms with Crippen molar-refractivity contribution in [2.45, 2.75) is 52.1 Å². The molecule has 1 saturated heterocycles. The first-order valence-electron chi connectivity index (χ1n) is 7.11. The molecule has 1 aromatic rings. The van der Waals surface area contributed by atoms with E-state index < -0.39 is 0 Å². The number of aromatic nitrogens is 2. The maximum Gasteiger partial charge on any atom is 0.145 e. The van der Waals surface area contributed by atoms with Crippen molar-refractivity contribution in [1.82, 2.24) is 14.7 Å². The lowest BCUT2D eigenvalue weighted by Gasteiger charge is -2.36. The molecule has 0 aliphatic carbocycles. The molecule has 0 amide bonds. The zero-order valence-corrected chi connectivity index (χ0v) is 11.8. The number of likely N-dealkylation sites (tertiary alicyclic amines) is 1. The summed E-state index contributed by atoms with van der Waals surface area (Å²) in [4.78, 5) is 2.61. The van der Waals surface area contributed by atoms with Crippen molar-refractivity contribution >= 4 is 5.82 Å². The van der Waals surface area contributed by atoms with Crippen LogP contribution < -0.4 is 5.73 Å². The molecule has 102 valence electrons. The third-order valence-corrected chi connectivity index (χ3v) is 3.94. The summed E-state index contributed by atoms with van der Waals surface area (Å²) in [5.41, 5.74) is 5.67. The Morgan fingerprint density at radius 2 is 2.00 bits per heavy atom. The lowest BCUT2D eigenvalue weighted by molar-refractivity contribution is 0.126. The van der Waals surface area contributed by atoms with Crippen molar-refractivity contribution in [2.24, 2.45) is 5.92 Å². The predicted octanol–water partition coefficient (Wildman–Crippen LogP) is 2.54. The summed E-state index contributed by atoms with van der Waals surface area (Å²) in [6.07, 6.45) is 5.67. The van der Waals surface area contributed by atoms with Crippen LogP contribution in [-0.2, 0) is 0 Å². The van der Waals surface area contributed by atoms with Crippen molar-refractivity contribution in [3.8, 4) is 0 Å². The Hall–Kier alpha value is -1.03. The van der Waals surface area contributed by atoms with Gasteiger partial charge in [-0.1, -0.05) is 13.8 Å². The Labute approximate surface area is 110 Å². The van der Waals surface area contributed by atoms with Gasteiger partial charge in [-0.05, 0) is 38.2 Å². The van der Waals surface area contributed by atoms with E-state index in [9.17, 15) is 0 Å². The van der Waals surface area contributed by atoms with Crippen LogP contribution in [-0.4, -0.2) is 33.8 Å². The summed E-state index contributed by atoms with van der Waals surface area (Å²) in [5.74, 6) is 1.41. The summed E-state index contributed by atoms with van der Waals surface area (Å²) in [6.45, 7) is 9.31.